The predicted octanol–water partition coefficient (Wildman–Crippen LogP) is 4.01. The average Bonchev–Trinajstić information content (AvgIpc) is 2.90. The molecule has 0 bridgehead atoms. The summed E-state index contributed by atoms with van der Waals surface area (Å²) >= 11 is 0. The first-order valence-corrected chi connectivity index (χ1v) is 9.19. The quantitative estimate of drug-likeness (QED) is 0.703. The van der Waals surface area contributed by atoms with E-state index in [9.17, 15) is 9.18 Å². The first-order valence-electron chi connectivity index (χ1n) is 9.19. The Morgan fingerprint density at radius 3 is 2.54 bits per heavy atom. The molecule has 0 saturated carbocycles. The number of likely N-dealkylation sites (N-methyl/N-ethyl adjacent to an activating group) is 1. The molecule has 1 amide bonds. The van der Waals surface area contributed by atoms with Gasteiger partial charge in [0.25, 0.3) is 0 Å². The molecule has 0 aliphatic rings. The Bertz CT molecular complexity index is 979. The monoisotopic (exact) mass is 380 g/mol. The number of rotatable bonds is 6. The van der Waals surface area contributed by atoms with Crippen LogP contribution in [-0.4, -0.2) is 34.2 Å². The van der Waals surface area contributed by atoms with Crippen LogP contribution in [0.5, 0.6) is 0 Å². The number of halogens is 1. The average molecular weight is 380 g/mol. The summed E-state index contributed by atoms with van der Waals surface area (Å²) < 4.78 is 15.1. The lowest BCUT2D eigenvalue weighted by atomic mass is 10.2. The molecule has 146 valence electrons. The van der Waals surface area contributed by atoms with E-state index in [1.165, 1.54) is 17.7 Å². The number of amides is 1. The van der Waals surface area contributed by atoms with Crippen molar-refractivity contribution in [2.45, 2.75) is 27.3 Å². The molecule has 2 aromatic carbocycles. The number of benzene rings is 2. The van der Waals surface area contributed by atoms with E-state index in [4.69, 9.17) is 0 Å². The molecule has 3 rings (SSSR count). The number of nitrogens with one attached hydrogen (secondary N) is 1. The van der Waals surface area contributed by atoms with Crippen LogP contribution in [-0.2, 0) is 11.3 Å². The summed E-state index contributed by atoms with van der Waals surface area (Å²) in [5.41, 5.74) is 5.33. The van der Waals surface area contributed by atoms with Crippen molar-refractivity contribution in [3.63, 3.8) is 0 Å². The molecule has 0 unspecified atom stereocenters. The number of aryl methyl sites for hydroxylation is 2. The van der Waals surface area contributed by atoms with Gasteiger partial charge >= 0.3 is 0 Å². The van der Waals surface area contributed by atoms with Gasteiger partial charge in [0.05, 0.1) is 29.3 Å². The maximum Gasteiger partial charge on any atom is 0.238 e. The van der Waals surface area contributed by atoms with Gasteiger partial charge in [0, 0.05) is 6.54 Å². The zero-order chi connectivity index (χ0) is 20.3. The van der Waals surface area contributed by atoms with E-state index in [1.807, 2.05) is 67.7 Å². The minimum Gasteiger partial charge on any atom is -0.322 e. The molecule has 0 aliphatic carbocycles. The van der Waals surface area contributed by atoms with Crippen LogP contribution in [0.2, 0.25) is 0 Å². The third kappa shape index (κ3) is 4.64. The molecule has 0 fully saturated rings. The lowest BCUT2D eigenvalue weighted by molar-refractivity contribution is -0.117. The maximum atomic E-state index is 13.3. The van der Waals surface area contributed by atoms with Gasteiger partial charge in [-0.2, -0.15) is 5.10 Å². The number of carbonyl (C=O) groups excluding carboxylic acids is 1. The SMILES string of the molecule is Cc1ccc(-n2nc(C)c(NC(=O)CN(C)Cc3cccc(F)c3)c2C)cc1. The van der Waals surface area contributed by atoms with Gasteiger partial charge < -0.3 is 5.32 Å². The minimum absolute atomic E-state index is 0.131. The highest BCUT2D eigenvalue weighted by Crippen LogP contribution is 2.23. The summed E-state index contributed by atoms with van der Waals surface area (Å²) in [6.45, 7) is 6.55. The van der Waals surface area contributed by atoms with Crippen LogP contribution in [0.25, 0.3) is 5.69 Å². The van der Waals surface area contributed by atoms with Crippen molar-refractivity contribution in [1.29, 1.82) is 0 Å². The molecule has 0 saturated heterocycles. The second-order valence-electron chi connectivity index (χ2n) is 7.14. The molecule has 0 aliphatic heterocycles. The van der Waals surface area contributed by atoms with Crippen molar-refractivity contribution < 1.29 is 9.18 Å². The first-order chi connectivity index (χ1) is 13.3. The third-order valence-corrected chi connectivity index (χ3v) is 4.59. The van der Waals surface area contributed by atoms with E-state index < -0.39 is 0 Å². The van der Waals surface area contributed by atoms with Gasteiger partial charge in [-0.15, -0.1) is 0 Å². The number of hydrogen-bond acceptors (Lipinski definition) is 3. The summed E-state index contributed by atoms with van der Waals surface area (Å²) in [6.07, 6.45) is 0. The summed E-state index contributed by atoms with van der Waals surface area (Å²) in [6, 6.07) is 14.5. The fourth-order valence-corrected chi connectivity index (χ4v) is 3.19. The highest BCUT2D eigenvalue weighted by molar-refractivity contribution is 5.93. The molecular weight excluding hydrogens is 355 g/mol. The van der Waals surface area contributed by atoms with Gasteiger partial charge in [-0.05, 0) is 57.6 Å². The fourth-order valence-electron chi connectivity index (χ4n) is 3.19. The number of nitrogens with zero attached hydrogens (tertiary/aromatic N) is 3. The van der Waals surface area contributed by atoms with Gasteiger partial charge in [-0.3, -0.25) is 9.69 Å². The fraction of sp³-hybridized carbons (Fsp3) is 0.273. The highest BCUT2D eigenvalue weighted by atomic mass is 19.1. The molecule has 28 heavy (non-hydrogen) atoms. The third-order valence-electron chi connectivity index (χ3n) is 4.59. The number of hydrogen-bond donors (Lipinski definition) is 1. The van der Waals surface area contributed by atoms with Gasteiger partial charge in [-0.25, -0.2) is 9.07 Å². The standard InChI is InChI=1S/C22H25FN4O/c1-15-8-10-20(11-9-15)27-17(3)22(16(2)25-27)24-21(28)14-26(4)13-18-6-5-7-19(23)12-18/h5-12H,13-14H2,1-4H3,(H,24,28). The Kier molecular flexibility index (Phi) is 5.90. The minimum atomic E-state index is -0.273. The smallest absolute Gasteiger partial charge is 0.238 e. The van der Waals surface area contributed by atoms with Crippen molar-refractivity contribution in [2.24, 2.45) is 0 Å². The van der Waals surface area contributed by atoms with Crippen molar-refractivity contribution in [3.05, 3.63) is 76.9 Å². The van der Waals surface area contributed by atoms with Crippen molar-refractivity contribution in [1.82, 2.24) is 14.7 Å². The molecule has 0 radical (unpaired) electrons. The first kappa shape index (κ1) is 19.8. The van der Waals surface area contributed by atoms with Crippen LogP contribution < -0.4 is 5.32 Å². The summed E-state index contributed by atoms with van der Waals surface area (Å²) in [5, 5.41) is 7.54. The second kappa shape index (κ2) is 8.35. The van der Waals surface area contributed by atoms with Gasteiger partial charge in [0.15, 0.2) is 0 Å². The van der Waals surface area contributed by atoms with Crippen LogP contribution in [0.1, 0.15) is 22.5 Å². The van der Waals surface area contributed by atoms with Crippen LogP contribution in [0.15, 0.2) is 48.5 Å². The lowest BCUT2D eigenvalue weighted by Gasteiger charge is -2.16. The summed E-state index contributed by atoms with van der Waals surface area (Å²) in [7, 11) is 1.83. The van der Waals surface area contributed by atoms with Crippen molar-refractivity contribution >= 4 is 11.6 Å². The molecule has 3 aromatic rings. The number of aromatic nitrogens is 2. The van der Waals surface area contributed by atoms with E-state index in [2.05, 4.69) is 10.4 Å². The molecule has 5 nitrogen and oxygen atoms in total. The van der Waals surface area contributed by atoms with Gasteiger partial charge in [-0.1, -0.05) is 29.8 Å². The molecule has 6 heteroatoms. The molecular formula is C22H25FN4O. The van der Waals surface area contributed by atoms with Crippen LogP contribution >= 0.6 is 0 Å². The van der Waals surface area contributed by atoms with E-state index in [0.29, 0.717) is 6.54 Å². The summed E-state index contributed by atoms with van der Waals surface area (Å²) in [5.74, 6) is -0.404. The van der Waals surface area contributed by atoms with Gasteiger partial charge in [0.2, 0.25) is 5.91 Å². The zero-order valence-electron chi connectivity index (χ0n) is 16.7. The Labute approximate surface area is 164 Å². The molecule has 1 aromatic heterocycles. The normalized spacial score (nSPS) is 11.1. The molecule has 0 atom stereocenters. The van der Waals surface area contributed by atoms with Crippen molar-refractivity contribution in [3.8, 4) is 5.69 Å². The largest absolute Gasteiger partial charge is 0.322 e. The second-order valence-corrected chi connectivity index (χ2v) is 7.14. The molecule has 1 N–H and O–H groups in total. The summed E-state index contributed by atoms with van der Waals surface area (Å²) in [4.78, 5) is 14.4. The Hall–Kier alpha value is -2.99. The number of anilines is 1. The predicted molar refractivity (Wildman–Crippen MR) is 109 cm³/mol. The van der Waals surface area contributed by atoms with Crippen LogP contribution in [0.4, 0.5) is 10.1 Å². The maximum absolute atomic E-state index is 13.3. The zero-order valence-corrected chi connectivity index (χ0v) is 16.7. The number of carbonyl (C=O) groups is 1. The Morgan fingerprint density at radius 2 is 1.86 bits per heavy atom. The van der Waals surface area contributed by atoms with Crippen molar-refractivity contribution in [2.75, 3.05) is 18.9 Å². The molecule has 0 spiro atoms. The Balaban J connectivity index is 1.67. The highest BCUT2D eigenvalue weighted by Gasteiger charge is 2.16. The van der Waals surface area contributed by atoms with E-state index in [-0.39, 0.29) is 18.3 Å². The van der Waals surface area contributed by atoms with Crippen LogP contribution in [0.3, 0.4) is 0 Å². The van der Waals surface area contributed by atoms with E-state index in [1.54, 1.807) is 6.07 Å². The van der Waals surface area contributed by atoms with E-state index >= 15 is 0 Å². The Morgan fingerprint density at radius 1 is 1.14 bits per heavy atom. The van der Waals surface area contributed by atoms with E-state index in [0.717, 1.165) is 28.3 Å². The topological polar surface area (TPSA) is 50.2 Å². The van der Waals surface area contributed by atoms with Crippen LogP contribution in [0, 0.1) is 26.6 Å². The lowest BCUT2D eigenvalue weighted by Crippen LogP contribution is -2.30. The van der Waals surface area contributed by atoms with Gasteiger partial charge in [0.1, 0.15) is 5.82 Å². The molecule has 1 heterocycles.